The summed E-state index contributed by atoms with van der Waals surface area (Å²) >= 11 is 5.90. The minimum atomic E-state index is -0.296. The molecule has 0 radical (unpaired) electrons. The van der Waals surface area contributed by atoms with Crippen LogP contribution in [-0.4, -0.2) is 18.6 Å². The normalized spacial score (nSPS) is 28.5. The summed E-state index contributed by atoms with van der Waals surface area (Å²) in [6, 6.07) is 0. The first kappa shape index (κ1) is 8.26. The standard InChI is InChI=1S/C7H9ClN2OS/c1-12-9-5-3-2-4-11-6(5)7(8)10-12/h2-4H2,1H3. The van der Waals surface area contributed by atoms with Crippen molar-refractivity contribution in [3.8, 4) is 0 Å². The van der Waals surface area contributed by atoms with E-state index in [1.165, 1.54) is 0 Å². The fraction of sp³-hybridized carbons (Fsp3) is 0.571. The first-order chi connectivity index (χ1) is 5.77. The highest BCUT2D eigenvalue weighted by Crippen LogP contribution is 2.25. The molecule has 0 aromatic rings. The molecule has 66 valence electrons. The summed E-state index contributed by atoms with van der Waals surface area (Å²) in [4.78, 5) is 0. The van der Waals surface area contributed by atoms with Crippen molar-refractivity contribution in [2.24, 2.45) is 8.76 Å². The number of nitrogens with zero attached hydrogens (tertiary/aromatic N) is 2. The van der Waals surface area contributed by atoms with Crippen molar-refractivity contribution in [2.45, 2.75) is 12.8 Å². The Labute approximate surface area is 78.7 Å². The Bertz CT molecular complexity index is 309. The van der Waals surface area contributed by atoms with E-state index < -0.39 is 0 Å². The van der Waals surface area contributed by atoms with E-state index in [0.29, 0.717) is 10.9 Å². The van der Waals surface area contributed by atoms with Crippen LogP contribution in [0.4, 0.5) is 0 Å². The molecule has 0 aromatic heterocycles. The van der Waals surface area contributed by atoms with E-state index in [-0.39, 0.29) is 10.9 Å². The third-order valence-corrected chi connectivity index (χ3v) is 3.00. The van der Waals surface area contributed by atoms with Gasteiger partial charge in [0, 0.05) is 17.1 Å². The Morgan fingerprint density at radius 3 is 3.25 bits per heavy atom. The van der Waals surface area contributed by atoms with Gasteiger partial charge >= 0.3 is 0 Å². The van der Waals surface area contributed by atoms with Gasteiger partial charge in [0.15, 0.2) is 10.9 Å². The van der Waals surface area contributed by atoms with E-state index in [2.05, 4.69) is 8.76 Å². The van der Waals surface area contributed by atoms with Crippen molar-refractivity contribution in [1.29, 1.82) is 0 Å². The topological polar surface area (TPSA) is 34.0 Å². The molecule has 12 heavy (non-hydrogen) atoms. The summed E-state index contributed by atoms with van der Waals surface area (Å²) in [5, 5.41) is 0.491. The maximum absolute atomic E-state index is 5.90. The molecule has 0 aliphatic carbocycles. The molecule has 2 aliphatic rings. The SMILES string of the molecule is CS1=NC(Cl)=C2OCCCC2=N1. The maximum Gasteiger partial charge on any atom is 0.182 e. The van der Waals surface area contributed by atoms with Crippen LogP contribution >= 0.6 is 11.6 Å². The molecule has 2 heterocycles. The van der Waals surface area contributed by atoms with Gasteiger partial charge in [0.1, 0.15) is 0 Å². The van der Waals surface area contributed by atoms with Gasteiger partial charge in [-0.15, -0.1) is 0 Å². The van der Waals surface area contributed by atoms with Crippen molar-refractivity contribution in [1.82, 2.24) is 0 Å². The van der Waals surface area contributed by atoms with E-state index in [4.69, 9.17) is 16.3 Å². The van der Waals surface area contributed by atoms with Crippen LogP contribution in [0.5, 0.6) is 0 Å². The molecule has 2 rings (SSSR count). The van der Waals surface area contributed by atoms with E-state index in [9.17, 15) is 0 Å². The molecule has 0 N–H and O–H groups in total. The van der Waals surface area contributed by atoms with Crippen LogP contribution in [0.3, 0.4) is 0 Å². The second-order valence-electron chi connectivity index (χ2n) is 2.65. The van der Waals surface area contributed by atoms with Crippen LogP contribution in [0.15, 0.2) is 19.7 Å². The zero-order valence-corrected chi connectivity index (χ0v) is 8.28. The molecule has 1 saturated heterocycles. The average molecular weight is 205 g/mol. The molecule has 0 aromatic carbocycles. The van der Waals surface area contributed by atoms with Gasteiger partial charge in [-0.2, -0.15) is 4.36 Å². The number of halogens is 1. The second-order valence-corrected chi connectivity index (χ2v) is 4.26. The Balaban J connectivity index is 2.42. The minimum absolute atomic E-state index is 0.296. The smallest absolute Gasteiger partial charge is 0.182 e. The molecule has 1 atom stereocenters. The van der Waals surface area contributed by atoms with Gasteiger partial charge in [0.25, 0.3) is 0 Å². The predicted octanol–water partition coefficient (Wildman–Crippen LogP) is 2.01. The summed E-state index contributed by atoms with van der Waals surface area (Å²) < 4.78 is 13.9. The quantitative estimate of drug-likeness (QED) is 0.556. The van der Waals surface area contributed by atoms with E-state index >= 15 is 0 Å². The third kappa shape index (κ3) is 1.41. The highest BCUT2D eigenvalue weighted by molar-refractivity contribution is 7.85. The average Bonchev–Trinajstić information content (AvgIpc) is 2.04. The summed E-state index contributed by atoms with van der Waals surface area (Å²) in [6.07, 6.45) is 3.95. The first-order valence-corrected chi connectivity index (χ1v) is 5.68. The Hall–Kier alpha value is -0.350. The largest absolute Gasteiger partial charge is 0.488 e. The predicted molar refractivity (Wildman–Crippen MR) is 51.2 cm³/mol. The van der Waals surface area contributed by atoms with Crippen molar-refractivity contribution < 1.29 is 4.74 Å². The van der Waals surface area contributed by atoms with Gasteiger partial charge in [0.05, 0.1) is 12.3 Å². The van der Waals surface area contributed by atoms with E-state index in [1.807, 2.05) is 6.26 Å². The molecule has 0 saturated carbocycles. The number of hydrogen-bond acceptors (Lipinski definition) is 3. The van der Waals surface area contributed by atoms with Gasteiger partial charge in [-0.05, 0) is 12.8 Å². The highest BCUT2D eigenvalue weighted by atomic mass is 35.5. The Kier molecular flexibility index (Phi) is 2.19. The molecule has 0 amide bonds. The van der Waals surface area contributed by atoms with Crippen LogP contribution in [0.25, 0.3) is 0 Å². The molecule has 0 spiro atoms. The zero-order valence-electron chi connectivity index (χ0n) is 6.71. The molecule has 1 unspecified atom stereocenters. The summed E-state index contributed by atoms with van der Waals surface area (Å²) in [5.41, 5.74) is 0.993. The van der Waals surface area contributed by atoms with Crippen LogP contribution < -0.4 is 0 Å². The molecule has 2 aliphatic heterocycles. The monoisotopic (exact) mass is 204 g/mol. The van der Waals surface area contributed by atoms with Gasteiger partial charge in [-0.25, -0.2) is 4.40 Å². The number of rotatable bonds is 0. The minimum Gasteiger partial charge on any atom is -0.488 e. The first-order valence-electron chi connectivity index (χ1n) is 3.76. The fourth-order valence-corrected chi connectivity index (χ4v) is 2.53. The summed E-state index contributed by atoms with van der Waals surface area (Å²) in [6.45, 7) is 0.734. The van der Waals surface area contributed by atoms with Gasteiger partial charge in [-0.1, -0.05) is 11.6 Å². The van der Waals surface area contributed by atoms with E-state index in [0.717, 1.165) is 25.2 Å². The van der Waals surface area contributed by atoms with Gasteiger partial charge in [0.2, 0.25) is 0 Å². The summed E-state index contributed by atoms with van der Waals surface area (Å²) in [5.74, 6) is 0.702. The Morgan fingerprint density at radius 2 is 2.42 bits per heavy atom. The summed E-state index contributed by atoms with van der Waals surface area (Å²) in [7, 11) is -0.296. The lowest BCUT2D eigenvalue weighted by Crippen LogP contribution is -2.18. The molecule has 3 nitrogen and oxygen atoms in total. The van der Waals surface area contributed by atoms with Crippen LogP contribution in [0.1, 0.15) is 12.8 Å². The third-order valence-electron chi connectivity index (χ3n) is 1.71. The lowest BCUT2D eigenvalue weighted by Gasteiger charge is -2.20. The molecule has 5 heteroatoms. The zero-order chi connectivity index (χ0) is 8.55. The number of hydrogen-bond donors (Lipinski definition) is 0. The van der Waals surface area contributed by atoms with Crippen LogP contribution in [0, 0.1) is 0 Å². The second kappa shape index (κ2) is 3.18. The molecule has 0 bridgehead atoms. The molecular formula is C7H9ClN2OS. The van der Waals surface area contributed by atoms with Crippen molar-refractivity contribution in [3.63, 3.8) is 0 Å². The number of allylic oxidation sites excluding steroid dienone is 1. The van der Waals surface area contributed by atoms with E-state index in [1.54, 1.807) is 0 Å². The van der Waals surface area contributed by atoms with Crippen molar-refractivity contribution >= 4 is 28.2 Å². The van der Waals surface area contributed by atoms with Gasteiger partial charge < -0.3 is 4.74 Å². The van der Waals surface area contributed by atoms with Crippen LogP contribution in [0.2, 0.25) is 0 Å². The van der Waals surface area contributed by atoms with Crippen molar-refractivity contribution in [2.75, 3.05) is 12.9 Å². The Morgan fingerprint density at radius 1 is 1.58 bits per heavy atom. The van der Waals surface area contributed by atoms with Crippen LogP contribution in [-0.2, 0) is 15.6 Å². The van der Waals surface area contributed by atoms with Crippen molar-refractivity contribution in [3.05, 3.63) is 10.9 Å². The lowest BCUT2D eigenvalue weighted by molar-refractivity contribution is 0.212. The highest BCUT2D eigenvalue weighted by Gasteiger charge is 2.21. The molecular weight excluding hydrogens is 196 g/mol. The molecule has 1 fully saturated rings. The van der Waals surface area contributed by atoms with Gasteiger partial charge in [-0.3, -0.25) is 0 Å². The maximum atomic E-state index is 5.90. The number of fused-ring (bicyclic) bond motifs is 1. The lowest BCUT2D eigenvalue weighted by atomic mass is 10.1. The number of ether oxygens (including phenoxy) is 1. The fourth-order valence-electron chi connectivity index (χ4n) is 1.21.